The first-order valence-corrected chi connectivity index (χ1v) is 6.55. The van der Waals surface area contributed by atoms with Gasteiger partial charge in [0, 0.05) is 30.4 Å². The van der Waals surface area contributed by atoms with Crippen molar-refractivity contribution in [1.82, 2.24) is 15.1 Å². The lowest BCUT2D eigenvalue weighted by Gasteiger charge is -2.13. The van der Waals surface area contributed by atoms with E-state index in [2.05, 4.69) is 10.4 Å². The first-order valence-electron chi connectivity index (χ1n) is 6.17. The zero-order valence-corrected chi connectivity index (χ0v) is 12.1. The standard InChI is InChI=1S/C14H16ClN3O2/c1-9-5-10(3-4-12(9)15)6-16-13(14(19)20)11-7-17-18(2)8-11/h3-5,7-8,13,16H,6H2,1-2H3,(H,19,20). The molecular formula is C14H16ClN3O2. The van der Waals surface area contributed by atoms with Crippen LogP contribution >= 0.6 is 11.6 Å². The maximum absolute atomic E-state index is 11.3. The molecule has 0 aliphatic rings. The first-order chi connectivity index (χ1) is 9.47. The molecular weight excluding hydrogens is 278 g/mol. The highest BCUT2D eigenvalue weighted by Crippen LogP contribution is 2.18. The Labute approximate surface area is 122 Å². The van der Waals surface area contributed by atoms with Crippen molar-refractivity contribution in [1.29, 1.82) is 0 Å². The van der Waals surface area contributed by atoms with Crippen LogP contribution in [0.5, 0.6) is 0 Å². The van der Waals surface area contributed by atoms with E-state index in [1.54, 1.807) is 24.1 Å². The average Bonchev–Trinajstić information content (AvgIpc) is 2.80. The van der Waals surface area contributed by atoms with Gasteiger partial charge in [-0.3, -0.25) is 14.8 Å². The predicted octanol–water partition coefficient (Wildman–Crippen LogP) is 2.30. The molecule has 2 rings (SSSR count). The molecule has 106 valence electrons. The molecule has 2 aromatic rings. The summed E-state index contributed by atoms with van der Waals surface area (Å²) in [6, 6.07) is 4.86. The van der Waals surface area contributed by atoms with Gasteiger partial charge in [0.05, 0.1) is 6.20 Å². The number of carboxylic acid groups (broad SMARTS) is 1. The van der Waals surface area contributed by atoms with Gasteiger partial charge in [-0.15, -0.1) is 0 Å². The van der Waals surface area contributed by atoms with Gasteiger partial charge in [0.1, 0.15) is 6.04 Å². The smallest absolute Gasteiger partial charge is 0.325 e. The average molecular weight is 294 g/mol. The van der Waals surface area contributed by atoms with Gasteiger partial charge >= 0.3 is 5.97 Å². The second-order valence-electron chi connectivity index (χ2n) is 4.68. The highest BCUT2D eigenvalue weighted by atomic mass is 35.5. The van der Waals surface area contributed by atoms with Crippen LogP contribution in [-0.4, -0.2) is 20.9 Å². The molecule has 0 bridgehead atoms. The summed E-state index contributed by atoms with van der Waals surface area (Å²) in [6.45, 7) is 2.37. The van der Waals surface area contributed by atoms with Gasteiger partial charge in [0.15, 0.2) is 0 Å². The Morgan fingerprint density at radius 1 is 1.55 bits per heavy atom. The van der Waals surface area contributed by atoms with Crippen LogP contribution in [0.1, 0.15) is 22.7 Å². The number of nitrogens with one attached hydrogen (secondary N) is 1. The molecule has 1 aromatic carbocycles. The van der Waals surface area contributed by atoms with E-state index in [1.807, 2.05) is 25.1 Å². The van der Waals surface area contributed by atoms with Crippen molar-refractivity contribution in [2.45, 2.75) is 19.5 Å². The van der Waals surface area contributed by atoms with Gasteiger partial charge in [0.2, 0.25) is 0 Å². The molecule has 0 aliphatic carbocycles. The maximum Gasteiger partial charge on any atom is 0.325 e. The normalized spacial score (nSPS) is 12.3. The van der Waals surface area contributed by atoms with E-state index >= 15 is 0 Å². The molecule has 0 amide bonds. The minimum absolute atomic E-state index is 0.448. The quantitative estimate of drug-likeness (QED) is 0.888. The van der Waals surface area contributed by atoms with E-state index < -0.39 is 12.0 Å². The van der Waals surface area contributed by atoms with Crippen LogP contribution < -0.4 is 5.32 Å². The third-order valence-electron chi connectivity index (χ3n) is 3.04. The van der Waals surface area contributed by atoms with Crippen molar-refractivity contribution in [2.24, 2.45) is 7.05 Å². The summed E-state index contributed by atoms with van der Waals surface area (Å²) in [6.07, 6.45) is 3.25. The molecule has 0 spiro atoms. The molecule has 1 unspecified atom stereocenters. The second kappa shape index (κ2) is 6.07. The van der Waals surface area contributed by atoms with E-state index in [1.165, 1.54) is 0 Å². The number of hydrogen-bond donors (Lipinski definition) is 2. The van der Waals surface area contributed by atoms with Crippen LogP contribution in [0, 0.1) is 6.92 Å². The predicted molar refractivity (Wildman–Crippen MR) is 76.6 cm³/mol. The molecule has 1 aromatic heterocycles. The molecule has 2 N–H and O–H groups in total. The van der Waals surface area contributed by atoms with Gasteiger partial charge < -0.3 is 5.11 Å². The Balaban J connectivity index is 2.09. The topological polar surface area (TPSA) is 67.2 Å². The highest BCUT2D eigenvalue weighted by Gasteiger charge is 2.20. The fourth-order valence-electron chi connectivity index (χ4n) is 1.97. The summed E-state index contributed by atoms with van der Waals surface area (Å²) in [5, 5.41) is 17.0. The molecule has 1 heterocycles. The maximum atomic E-state index is 11.3. The number of benzene rings is 1. The van der Waals surface area contributed by atoms with Crippen LogP contribution in [0.4, 0.5) is 0 Å². The van der Waals surface area contributed by atoms with Gasteiger partial charge in [-0.25, -0.2) is 0 Å². The van der Waals surface area contributed by atoms with Gasteiger partial charge in [-0.1, -0.05) is 23.7 Å². The fraction of sp³-hybridized carbons (Fsp3) is 0.286. The van der Waals surface area contributed by atoms with Crippen LogP contribution in [0.15, 0.2) is 30.6 Å². The van der Waals surface area contributed by atoms with Crippen molar-refractivity contribution in [2.75, 3.05) is 0 Å². The largest absolute Gasteiger partial charge is 0.480 e. The zero-order valence-electron chi connectivity index (χ0n) is 11.3. The lowest BCUT2D eigenvalue weighted by Crippen LogP contribution is -2.27. The zero-order chi connectivity index (χ0) is 14.7. The summed E-state index contributed by atoms with van der Waals surface area (Å²) in [5.74, 6) is -0.927. The SMILES string of the molecule is Cc1cc(CNC(C(=O)O)c2cnn(C)c2)ccc1Cl. The molecule has 1 atom stereocenters. The minimum atomic E-state index is -0.927. The molecule has 20 heavy (non-hydrogen) atoms. The Hall–Kier alpha value is -1.85. The molecule has 5 nitrogen and oxygen atoms in total. The first kappa shape index (κ1) is 14.6. The van der Waals surface area contributed by atoms with Crippen LogP contribution in [0.25, 0.3) is 0 Å². The van der Waals surface area contributed by atoms with Crippen molar-refractivity contribution in [3.8, 4) is 0 Å². The van der Waals surface area contributed by atoms with E-state index in [0.717, 1.165) is 11.1 Å². The molecule has 0 fully saturated rings. The van der Waals surface area contributed by atoms with Crippen molar-refractivity contribution in [3.05, 3.63) is 52.3 Å². The second-order valence-corrected chi connectivity index (χ2v) is 5.09. The molecule has 0 saturated heterocycles. The number of carboxylic acids is 1. The lowest BCUT2D eigenvalue weighted by atomic mass is 10.1. The number of rotatable bonds is 5. The Morgan fingerprint density at radius 2 is 2.30 bits per heavy atom. The van der Waals surface area contributed by atoms with Crippen molar-refractivity contribution >= 4 is 17.6 Å². The number of halogens is 1. The number of aliphatic carboxylic acids is 1. The number of carbonyl (C=O) groups is 1. The summed E-state index contributed by atoms with van der Waals surface area (Å²) < 4.78 is 1.58. The van der Waals surface area contributed by atoms with E-state index in [4.69, 9.17) is 11.6 Å². The molecule has 6 heteroatoms. The number of aromatic nitrogens is 2. The van der Waals surface area contributed by atoms with Crippen LogP contribution in [0.2, 0.25) is 5.02 Å². The Morgan fingerprint density at radius 3 is 2.85 bits per heavy atom. The highest BCUT2D eigenvalue weighted by molar-refractivity contribution is 6.31. The van der Waals surface area contributed by atoms with Crippen LogP contribution in [0.3, 0.4) is 0 Å². The monoisotopic (exact) mass is 293 g/mol. The fourth-order valence-corrected chi connectivity index (χ4v) is 2.09. The lowest BCUT2D eigenvalue weighted by molar-refractivity contribution is -0.139. The number of aryl methyl sites for hydroxylation is 2. The molecule has 0 saturated carbocycles. The summed E-state index contributed by atoms with van der Waals surface area (Å²) in [5.41, 5.74) is 2.59. The van der Waals surface area contributed by atoms with Gasteiger partial charge in [-0.2, -0.15) is 5.10 Å². The van der Waals surface area contributed by atoms with Crippen molar-refractivity contribution < 1.29 is 9.90 Å². The van der Waals surface area contributed by atoms with E-state index in [-0.39, 0.29) is 0 Å². The summed E-state index contributed by atoms with van der Waals surface area (Å²) in [7, 11) is 1.75. The van der Waals surface area contributed by atoms with Gasteiger partial charge in [-0.05, 0) is 24.1 Å². The summed E-state index contributed by atoms with van der Waals surface area (Å²) >= 11 is 5.97. The Bertz CT molecular complexity index is 625. The van der Waals surface area contributed by atoms with Gasteiger partial charge in [0.25, 0.3) is 0 Å². The number of nitrogens with zero attached hydrogens (tertiary/aromatic N) is 2. The molecule has 0 radical (unpaired) electrons. The summed E-state index contributed by atoms with van der Waals surface area (Å²) in [4.78, 5) is 11.3. The van der Waals surface area contributed by atoms with E-state index in [9.17, 15) is 9.90 Å². The number of hydrogen-bond acceptors (Lipinski definition) is 3. The Kier molecular flexibility index (Phi) is 4.42. The van der Waals surface area contributed by atoms with E-state index in [0.29, 0.717) is 17.1 Å². The third-order valence-corrected chi connectivity index (χ3v) is 3.46. The molecule has 0 aliphatic heterocycles. The third kappa shape index (κ3) is 3.37. The van der Waals surface area contributed by atoms with Crippen LogP contribution in [-0.2, 0) is 18.4 Å². The minimum Gasteiger partial charge on any atom is -0.480 e. The van der Waals surface area contributed by atoms with Crippen molar-refractivity contribution in [3.63, 3.8) is 0 Å².